The number of carbonyl (C=O) groups excluding carboxylic acids is 1. The van der Waals surface area contributed by atoms with E-state index >= 15 is 0 Å². The molecule has 2 aliphatic rings. The van der Waals surface area contributed by atoms with Gasteiger partial charge in [-0.1, -0.05) is 20.8 Å². The number of aromatic nitrogens is 2. The van der Waals surface area contributed by atoms with E-state index in [1.54, 1.807) is 0 Å². The van der Waals surface area contributed by atoms with Gasteiger partial charge in [-0.3, -0.25) is 9.69 Å². The SMILES string of the molecule is CC(C)(C)C(=O)N1CCN(c2ccc(N3CCN(CCO)CC3)nn2)CC1. The number of carbonyl (C=O) groups is 1. The first-order valence-electron chi connectivity index (χ1n) is 9.85. The zero-order valence-electron chi connectivity index (χ0n) is 16.8. The standard InChI is InChI=1S/C19H32N6O2/c1-19(2,3)18(27)25-12-10-24(11-13-25)17-5-4-16(20-21-17)23-8-6-22(7-9-23)14-15-26/h4-5,26H,6-15H2,1-3H3. The van der Waals surface area contributed by atoms with Crippen molar-refractivity contribution in [1.82, 2.24) is 20.0 Å². The lowest BCUT2D eigenvalue weighted by Gasteiger charge is -2.38. The number of hydrogen-bond acceptors (Lipinski definition) is 7. The summed E-state index contributed by atoms with van der Waals surface area (Å²) in [5, 5.41) is 17.9. The van der Waals surface area contributed by atoms with E-state index in [2.05, 4.69) is 24.9 Å². The summed E-state index contributed by atoms with van der Waals surface area (Å²) in [6.45, 7) is 13.6. The van der Waals surface area contributed by atoms with E-state index in [1.807, 2.05) is 37.8 Å². The Balaban J connectivity index is 1.52. The van der Waals surface area contributed by atoms with Crippen molar-refractivity contribution in [2.75, 3.05) is 75.3 Å². The third-order valence-corrected chi connectivity index (χ3v) is 5.28. The van der Waals surface area contributed by atoms with E-state index < -0.39 is 0 Å². The Morgan fingerprint density at radius 1 is 0.926 bits per heavy atom. The number of piperazine rings is 2. The van der Waals surface area contributed by atoms with Gasteiger partial charge in [-0.05, 0) is 12.1 Å². The Hall–Kier alpha value is -1.93. The Bertz CT molecular complexity index is 614. The van der Waals surface area contributed by atoms with Crippen LogP contribution in [0.3, 0.4) is 0 Å². The number of anilines is 2. The normalized spacial score (nSPS) is 19.5. The molecule has 150 valence electrons. The van der Waals surface area contributed by atoms with Gasteiger partial charge in [0.2, 0.25) is 5.91 Å². The summed E-state index contributed by atoms with van der Waals surface area (Å²) in [6.07, 6.45) is 0. The maximum absolute atomic E-state index is 12.4. The van der Waals surface area contributed by atoms with Crippen molar-refractivity contribution in [3.05, 3.63) is 12.1 Å². The van der Waals surface area contributed by atoms with Gasteiger partial charge in [0.15, 0.2) is 11.6 Å². The molecule has 0 saturated carbocycles. The maximum Gasteiger partial charge on any atom is 0.228 e. The minimum atomic E-state index is -0.329. The van der Waals surface area contributed by atoms with Gasteiger partial charge in [-0.25, -0.2) is 0 Å². The van der Waals surface area contributed by atoms with E-state index in [1.165, 1.54) is 0 Å². The van der Waals surface area contributed by atoms with Crippen molar-refractivity contribution >= 4 is 17.5 Å². The fraction of sp³-hybridized carbons (Fsp3) is 0.737. The van der Waals surface area contributed by atoms with Crippen LogP contribution in [-0.2, 0) is 4.79 Å². The Morgan fingerprint density at radius 3 is 1.81 bits per heavy atom. The highest BCUT2D eigenvalue weighted by atomic mass is 16.3. The van der Waals surface area contributed by atoms with Crippen molar-refractivity contribution in [2.24, 2.45) is 5.41 Å². The highest BCUT2D eigenvalue weighted by Gasteiger charge is 2.30. The van der Waals surface area contributed by atoms with E-state index in [4.69, 9.17) is 5.11 Å². The first-order chi connectivity index (χ1) is 12.9. The Morgan fingerprint density at radius 2 is 1.41 bits per heavy atom. The van der Waals surface area contributed by atoms with Crippen LogP contribution in [0.4, 0.5) is 11.6 Å². The Labute approximate surface area is 161 Å². The molecule has 0 spiro atoms. The molecule has 0 unspecified atom stereocenters. The minimum absolute atomic E-state index is 0.211. The van der Waals surface area contributed by atoms with Gasteiger partial charge in [0.25, 0.3) is 0 Å². The maximum atomic E-state index is 12.4. The topological polar surface area (TPSA) is 76.0 Å². The first-order valence-corrected chi connectivity index (χ1v) is 9.85. The van der Waals surface area contributed by atoms with Crippen LogP contribution >= 0.6 is 0 Å². The zero-order chi connectivity index (χ0) is 19.4. The molecule has 1 N–H and O–H groups in total. The number of aliphatic hydroxyl groups excluding tert-OH is 1. The van der Waals surface area contributed by atoms with E-state index in [-0.39, 0.29) is 17.9 Å². The summed E-state index contributed by atoms with van der Waals surface area (Å²) in [6, 6.07) is 4.07. The predicted octanol–water partition coefficient (Wildman–Crippen LogP) is 0.286. The molecule has 0 aliphatic carbocycles. The van der Waals surface area contributed by atoms with Crippen molar-refractivity contribution < 1.29 is 9.90 Å². The molecule has 1 aromatic heterocycles. The molecule has 2 fully saturated rings. The molecule has 1 amide bonds. The van der Waals surface area contributed by atoms with Crippen molar-refractivity contribution in [3.63, 3.8) is 0 Å². The summed E-state index contributed by atoms with van der Waals surface area (Å²) in [5.41, 5.74) is -0.329. The van der Waals surface area contributed by atoms with E-state index in [0.29, 0.717) is 0 Å². The molecule has 2 saturated heterocycles. The molecule has 2 aliphatic heterocycles. The molecule has 0 aromatic carbocycles. The molecule has 27 heavy (non-hydrogen) atoms. The lowest BCUT2D eigenvalue weighted by molar-refractivity contribution is -0.139. The Kier molecular flexibility index (Phi) is 6.16. The largest absolute Gasteiger partial charge is 0.395 e. The highest BCUT2D eigenvalue weighted by molar-refractivity contribution is 5.81. The van der Waals surface area contributed by atoms with Crippen molar-refractivity contribution in [3.8, 4) is 0 Å². The second kappa shape index (κ2) is 8.39. The van der Waals surface area contributed by atoms with Gasteiger partial charge < -0.3 is 19.8 Å². The fourth-order valence-electron chi connectivity index (χ4n) is 3.61. The van der Waals surface area contributed by atoms with Gasteiger partial charge >= 0.3 is 0 Å². The molecule has 0 atom stereocenters. The number of amides is 1. The summed E-state index contributed by atoms with van der Waals surface area (Å²) in [5.74, 6) is 1.99. The summed E-state index contributed by atoms with van der Waals surface area (Å²) >= 11 is 0. The summed E-state index contributed by atoms with van der Waals surface area (Å²) in [4.78, 5) is 21.0. The number of rotatable bonds is 4. The zero-order valence-corrected chi connectivity index (χ0v) is 16.8. The first kappa shape index (κ1) is 19.8. The molecule has 3 heterocycles. The number of aliphatic hydroxyl groups is 1. The van der Waals surface area contributed by atoms with Crippen LogP contribution in [0.5, 0.6) is 0 Å². The van der Waals surface area contributed by atoms with Crippen LogP contribution in [0.1, 0.15) is 20.8 Å². The number of nitrogens with zero attached hydrogens (tertiary/aromatic N) is 6. The predicted molar refractivity (Wildman–Crippen MR) is 106 cm³/mol. The van der Waals surface area contributed by atoms with Crippen LogP contribution in [0.25, 0.3) is 0 Å². The fourth-order valence-corrected chi connectivity index (χ4v) is 3.61. The molecule has 0 bridgehead atoms. The lowest BCUT2D eigenvalue weighted by Crippen LogP contribution is -2.52. The minimum Gasteiger partial charge on any atom is -0.395 e. The lowest BCUT2D eigenvalue weighted by atomic mass is 9.94. The highest BCUT2D eigenvalue weighted by Crippen LogP contribution is 2.21. The average molecular weight is 377 g/mol. The third kappa shape index (κ3) is 4.87. The van der Waals surface area contributed by atoms with Crippen LogP contribution < -0.4 is 9.80 Å². The van der Waals surface area contributed by atoms with Crippen LogP contribution in [0, 0.1) is 5.41 Å². The second-order valence-electron chi connectivity index (χ2n) is 8.33. The quantitative estimate of drug-likeness (QED) is 0.809. The van der Waals surface area contributed by atoms with Gasteiger partial charge in [-0.15, -0.1) is 10.2 Å². The van der Waals surface area contributed by atoms with Gasteiger partial charge in [0.05, 0.1) is 6.61 Å². The van der Waals surface area contributed by atoms with Crippen molar-refractivity contribution in [1.29, 1.82) is 0 Å². The smallest absolute Gasteiger partial charge is 0.228 e. The second-order valence-corrected chi connectivity index (χ2v) is 8.33. The molecule has 8 nitrogen and oxygen atoms in total. The molecular weight excluding hydrogens is 344 g/mol. The molecule has 1 aromatic rings. The number of β-amino-alcohol motifs (C(OH)–C–C–N with tert-alkyl or cyclic N) is 1. The van der Waals surface area contributed by atoms with Gasteiger partial charge in [0.1, 0.15) is 0 Å². The molecule has 0 radical (unpaired) electrons. The summed E-state index contributed by atoms with van der Waals surface area (Å²) in [7, 11) is 0. The monoisotopic (exact) mass is 376 g/mol. The van der Waals surface area contributed by atoms with Crippen LogP contribution in [-0.4, -0.2) is 96.5 Å². The molecule has 3 rings (SSSR count). The molecular formula is C19H32N6O2. The van der Waals surface area contributed by atoms with E-state index in [9.17, 15) is 4.79 Å². The number of hydrogen-bond donors (Lipinski definition) is 1. The molecule has 8 heteroatoms. The van der Waals surface area contributed by atoms with Gasteiger partial charge in [0, 0.05) is 64.3 Å². The third-order valence-electron chi connectivity index (χ3n) is 5.28. The average Bonchev–Trinajstić information content (AvgIpc) is 2.68. The van der Waals surface area contributed by atoms with E-state index in [0.717, 1.165) is 70.5 Å². The van der Waals surface area contributed by atoms with Gasteiger partial charge in [-0.2, -0.15) is 0 Å². The summed E-state index contributed by atoms with van der Waals surface area (Å²) < 4.78 is 0. The van der Waals surface area contributed by atoms with Crippen LogP contribution in [0.15, 0.2) is 12.1 Å². The van der Waals surface area contributed by atoms with Crippen LogP contribution in [0.2, 0.25) is 0 Å². The van der Waals surface area contributed by atoms with Crippen molar-refractivity contribution in [2.45, 2.75) is 20.8 Å².